The van der Waals surface area contributed by atoms with Crippen LogP contribution in [0.4, 0.5) is 0 Å². The van der Waals surface area contributed by atoms with Gasteiger partial charge in [0, 0.05) is 38.5 Å². The molecule has 0 aromatic heterocycles. The Labute approximate surface area is 238 Å². The lowest BCUT2D eigenvalue weighted by atomic mass is 9.72. The molecular formula is C30H48N6O4. The lowest BCUT2D eigenvalue weighted by molar-refractivity contribution is -0.149. The lowest BCUT2D eigenvalue weighted by Gasteiger charge is -2.54. The number of carbonyl (C=O) groups excluding carboxylic acids is 4. The molecule has 0 radical (unpaired) electrons. The summed E-state index contributed by atoms with van der Waals surface area (Å²) >= 11 is 0. The van der Waals surface area contributed by atoms with Crippen molar-refractivity contribution in [1.82, 2.24) is 20.4 Å². The van der Waals surface area contributed by atoms with Crippen molar-refractivity contribution in [2.24, 2.45) is 22.8 Å². The highest BCUT2D eigenvalue weighted by Gasteiger charge is 2.46. The summed E-state index contributed by atoms with van der Waals surface area (Å²) in [6.07, 6.45) is 4.43. The van der Waals surface area contributed by atoms with Gasteiger partial charge < -0.3 is 31.9 Å². The number of unbranched alkanes of at least 4 members (excludes halogenated alkanes) is 1. The van der Waals surface area contributed by atoms with Crippen LogP contribution >= 0.6 is 0 Å². The van der Waals surface area contributed by atoms with E-state index in [4.69, 9.17) is 11.5 Å². The molecule has 1 spiro atoms. The Bertz CT molecular complexity index is 1000. The van der Waals surface area contributed by atoms with E-state index in [1.54, 1.807) is 6.92 Å². The summed E-state index contributed by atoms with van der Waals surface area (Å²) in [4.78, 5) is 55.4. The number of benzene rings is 1. The number of nitrogens with zero attached hydrogens (tertiary/aromatic N) is 2. The van der Waals surface area contributed by atoms with Crippen LogP contribution in [0, 0.1) is 11.3 Å². The number of likely N-dealkylation sites (tertiary alicyclic amines) is 2. The Kier molecular flexibility index (Phi) is 11.5. The monoisotopic (exact) mass is 556 g/mol. The highest BCUT2D eigenvalue weighted by molar-refractivity contribution is 5.93. The Morgan fingerprint density at radius 1 is 0.925 bits per heavy atom. The van der Waals surface area contributed by atoms with Gasteiger partial charge in [0.2, 0.25) is 23.6 Å². The molecule has 1 aromatic carbocycles. The average molecular weight is 557 g/mol. The summed E-state index contributed by atoms with van der Waals surface area (Å²) in [5.41, 5.74) is 12.9. The zero-order valence-corrected chi connectivity index (χ0v) is 24.4. The number of nitrogens with two attached hydrogens (primary N) is 2. The van der Waals surface area contributed by atoms with Crippen molar-refractivity contribution in [2.45, 2.75) is 83.8 Å². The third kappa shape index (κ3) is 8.76. The second-order valence-electron chi connectivity index (χ2n) is 12.0. The van der Waals surface area contributed by atoms with Crippen molar-refractivity contribution in [2.75, 3.05) is 32.7 Å². The SMILES string of the molecule is CC(=O)N1CC2(CCN(C(=O)[C@@H](CCCCN)NC(=O)[C@@H](CC(C)C)NC(=O)[C@H](N)Cc3ccccc3)CC2)C1. The van der Waals surface area contributed by atoms with Gasteiger partial charge in [-0.1, -0.05) is 44.2 Å². The van der Waals surface area contributed by atoms with E-state index >= 15 is 0 Å². The number of amides is 4. The van der Waals surface area contributed by atoms with E-state index in [1.165, 1.54) is 0 Å². The van der Waals surface area contributed by atoms with Gasteiger partial charge in [0.1, 0.15) is 12.1 Å². The van der Waals surface area contributed by atoms with Crippen molar-refractivity contribution < 1.29 is 19.2 Å². The van der Waals surface area contributed by atoms with Crippen molar-refractivity contribution >= 4 is 23.6 Å². The molecule has 2 heterocycles. The minimum atomic E-state index is -0.795. The first-order valence-corrected chi connectivity index (χ1v) is 14.7. The largest absolute Gasteiger partial charge is 0.343 e. The molecule has 1 aromatic rings. The molecule has 0 saturated carbocycles. The smallest absolute Gasteiger partial charge is 0.245 e. The van der Waals surface area contributed by atoms with Crippen LogP contribution in [0.1, 0.15) is 64.9 Å². The topological polar surface area (TPSA) is 151 Å². The molecule has 0 aliphatic carbocycles. The molecule has 0 unspecified atom stereocenters. The van der Waals surface area contributed by atoms with Gasteiger partial charge in [-0.2, -0.15) is 0 Å². The van der Waals surface area contributed by atoms with Crippen LogP contribution in [-0.4, -0.2) is 84.3 Å². The first kappa shape index (κ1) is 31.5. The van der Waals surface area contributed by atoms with Crippen LogP contribution < -0.4 is 22.1 Å². The molecular weight excluding hydrogens is 508 g/mol. The van der Waals surface area contributed by atoms with Gasteiger partial charge in [0.25, 0.3) is 0 Å². The molecule has 6 N–H and O–H groups in total. The van der Waals surface area contributed by atoms with E-state index in [1.807, 2.05) is 54.0 Å². The number of carbonyl (C=O) groups is 4. The molecule has 3 rings (SSSR count). The summed E-state index contributed by atoms with van der Waals surface area (Å²) < 4.78 is 0. The second-order valence-corrected chi connectivity index (χ2v) is 12.0. The third-order valence-corrected chi connectivity index (χ3v) is 8.17. The highest BCUT2D eigenvalue weighted by Crippen LogP contribution is 2.40. The zero-order valence-electron chi connectivity index (χ0n) is 24.4. The molecule has 2 aliphatic rings. The summed E-state index contributed by atoms with van der Waals surface area (Å²) in [5.74, 6) is -0.626. The van der Waals surface area contributed by atoms with Gasteiger partial charge in [-0.05, 0) is 63.0 Å². The predicted octanol–water partition coefficient (Wildman–Crippen LogP) is 1.17. The van der Waals surface area contributed by atoms with Crippen LogP contribution in [0.3, 0.4) is 0 Å². The molecule has 2 aliphatic heterocycles. The molecule has 0 bridgehead atoms. The standard InChI is InChI=1S/C30H48N6O4/c1-21(2)17-26(34-27(38)24(32)18-23-9-5-4-6-10-23)28(39)33-25(11-7-8-14-31)29(40)35-15-12-30(13-16-35)19-36(20-30)22(3)37/h4-6,9-10,21,24-26H,7-8,11-20,31-32H2,1-3H3,(H,33,39)(H,34,38)/t24-,25-,26-/m1/s1. The average Bonchev–Trinajstić information content (AvgIpc) is 2.90. The van der Waals surface area contributed by atoms with Gasteiger partial charge in [-0.25, -0.2) is 0 Å². The van der Waals surface area contributed by atoms with Gasteiger partial charge in [0.15, 0.2) is 0 Å². The van der Waals surface area contributed by atoms with Gasteiger partial charge in [-0.3, -0.25) is 19.2 Å². The molecule has 2 saturated heterocycles. The van der Waals surface area contributed by atoms with Crippen molar-refractivity contribution in [3.63, 3.8) is 0 Å². The van der Waals surface area contributed by atoms with E-state index in [0.29, 0.717) is 45.3 Å². The maximum Gasteiger partial charge on any atom is 0.245 e. The fraction of sp³-hybridized carbons (Fsp3) is 0.667. The molecule has 4 amide bonds. The summed E-state index contributed by atoms with van der Waals surface area (Å²) in [6.45, 7) is 8.79. The first-order valence-electron chi connectivity index (χ1n) is 14.7. The van der Waals surface area contributed by atoms with Gasteiger partial charge in [-0.15, -0.1) is 0 Å². The molecule has 10 nitrogen and oxygen atoms in total. The lowest BCUT2D eigenvalue weighted by Crippen LogP contribution is -2.63. The Morgan fingerprint density at radius 3 is 2.12 bits per heavy atom. The van der Waals surface area contributed by atoms with Crippen LogP contribution in [0.15, 0.2) is 30.3 Å². The molecule has 3 atom stereocenters. The normalized spacial score (nSPS) is 18.6. The fourth-order valence-corrected chi connectivity index (χ4v) is 5.69. The van der Waals surface area contributed by atoms with Crippen LogP contribution in [0.25, 0.3) is 0 Å². The van der Waals surface area contributed by atoms with Gasteiger partial charge in [0.05, 0.1) is 6.04 Å². The van der Waals surface area contributed by atoms with Crippen molar-refractivity contribution in [3.05, 3.63) is 35.9 Å². The first-order chi connectivity index (χ1) is 19.0. The van der Waals surface area contributed by atoms with E-state index in [9.17, 15) is 19.2 Å². The van der Waals surface area contributed by atoms with Crippen LogP contribution in [0.5, 0.6) is 0 Å². The Hall–Kier alpha value is -2.98. The quantitative estimate of drug-likeness (QED) is 0.268. The molecule has 2 fully saturated rings. The minimum Gasteiger partial charge on any atom is -0.343 e. The van der Waals surface area contributed by atoms with E-state index in [2.05, 4.69) is 10.6 Å². The number of rotatable bonds is 13. The second kappa shape index (κ2) is 14.6. The minimum absolute atomic E-state index is 0.0934. The Balaban J connectivity index is 1.62. The summed E-state index contributed by atoms with van der Waals surface area (Å²) in [5, 5.41) is 5.81. The van der Waals surface area contributed by atoms with Crippen LogP contribution in [0.2, 0.25) is 0 Å². The maximum atomic E-state index is 13.6. The van der Waals surface area contributed by atoms with Gasteiger partial charge >= 0.3 is 0 Å². The summed E-state index contributed by atoms with van der Waals surface area (Å²) in [6, 6.07) is 7.24. The third-order valence-electron chi connectivity index (χ3n) is 8.17. The van der Waals surface area contributed by atoms with Crippen LogP contribution in [-0.2, 0) is 25.6 Å². The maximum absolute atomic E-state index is 13.6. The number of hydrogen-bond acceptors (Lipinski definition) is 6. The highest BCUT2D eigenvalue weighted by atomic mass is 16.2. The summed E-state index contributed by atoms with van der Waals surface area (Å²) in [7, 11) is 0. The van der Waals surface area contributed by atoms with Crippen molar-refractivity contribution in [3.8, 4) is 0 Å². The Morgan fingerprint density at radius 2 is 1.55 bits per heavy atom. The van der Waals surface area contributed by atoms with Crippen molar-refractivity contribution in [1.29, 1.82) is 0 Å². The fourth-order valence-electron chi connectivity index (χ4n) is 5.69. The predicted molar refractivity (Wildman–Crippen MR) is 155 cm³/mol. The number of hydrogen-bond donors (Lipinski definition) is 4. The van der Waals surface area contributed by atoms with E-state index in [0.717, 1.165) is 37.9 Å². The number of piperidine rings is 1. The van der Waals surface area contributed by atoms with E-state index in [-0.39, 0.29) is 29.1 Å². The molecule has 10 heteroatoms. The molecule has 40 heavy (non-hydrogen) atoms. The van der Waals surface area contributed by atoms with E-state index < -0.39 is 24.0 Å². The molecule has 222 valence electrons. The zero-order chi connectivity index (χ0) is 29.3. The number of nitrogens with one attached hydrogen (secondary N) is 2.